The minimum atomic E-state index is 0.577. The van der Waals surface area contributed by atoms with Crippen LogP contribution in [0.5, 0.6) is 17.2 Å². The second-order valence-corrected chi connectivity index (χ2v) is 5.68. The van der Waals surface area contributed by atoms with Gasteiger partial charge >= 0.3 is 0 Å². The Morgan fingerprint density at radius 3 is 2.67 bits per heavy atom. The van der Waals surface area contributed by atoms with E-state index in [1.165, 1.54) is 0 Å². The van der Waals surface area contributed by atoms with E-state index < -0.39 is 0 Å². The van der Waals surface area contributed by atoms with Gasteiger partial charge in [-0.25, -0.2) is 0 Å². The molecule has 5 heteroatoms. The second-order valence-electron chi connectivity index (χ2n) is 5.68. The predicted molar refractivity (Wildman–Crippen MR) is 93.7 cm³/mol. The summed E-state index contributed by atoms with van der Waals surface area (Å²) >= 11 is 0. The number of ether oxygens (including phenoxy) is 3. The van der Waals surface area contributed by atoms with Crippen LogP contribution < -0.4 is 19.5 Å². The van der Waals surface area contributed by atoms with Crippen LogP contribution in [0.15, 0.2) is 42.5 Å². The van der Waals surface area contributed by atoms with E-state index in [0.717, 1.165) is 45.2 Å². The average molecular weight is 322 g/mol. The maximum absolute atomic E-state index is 5.65. The fourth-order valence-corrected chi connectivity index (χ4v) is 2.85. The van der Waals surface area contributed by atoms with Crippen LogP contribution in [0.3, 0.4) is 0 Å². The van der Waals surface area contributed by atoms with Crippen molar-refractivity contribution in [2.45, 2.75) is 6.92 Å². The van der Waals surface area contributed by atoms with Crippen LogP contribution in [0.4, 0.5) is 11.4 Å². The van der Waals surface area contributed by atoms with Gasteiger partial charge in [0.05, 0.1) is 12.6 Å². The molecule has 0 fully saturated rings. The number of aryl methyl sites for hydroxylation is 1. The van der Waals surface area contributed by atoms with Crippen molar-refractivity contribution in [3.05, 3.63) is 48.2 Å². The first kappa shape index (κ1) is 14.6. The van der Waals surface area contributed by atoms with Gasteiger partial charge in [-0.1, -0.05) is 0 Å². The van der Waals surface area contributed by atoms with Crippen molar-refractivity contribution in [1.29, 1.82) is 0 Å². The minimum absolute atomic E-state index is 0.577. The van der Waals surface area contributed by atoms with Crippen molar-refractivity contribution in [1.82, 2.24) is 4.98 Å². The lowest BCUT2D eigenvalue weighted by molar-refractivity contribution is 0.171. The number of benzene rings is 2. The molecule has 0 spiro atoms. The Bertz CT molecular complexity index is 908. The van der Waals surface area contributed by atoms with Crippen molar-refractivity contribution in [2.75, 3.05) is 25.6 Å². The fourth-order valence-electron chi connectivity index (χ4n) is 2.85. The Morgan fingerprint density at radius 1 is 1.00 bits per heavy atom. The van der Waals surface area contributed by atoms with Crippen molar-refractivity contribution >= 4 is 22.3 Å². The molecule has 0 aliphatic carbocycles. The molecule has 0 saturated carbocycles. The molecule has 122 valence electrons. The van der Waals surface area contributed by atoms with Crippen LogP contribution in [0.1, 0.15) is 5.69 Å². The second kappa shape index (κ2) is 5.92. The highest BCUT2D eigenvalue weighted by Crippen LogP contribution is 2.35. The van der Waals surface area contributed by atoms with Gasteiger partial charge in [-0.3, -0.25) is 4.98 Å². The van der Waals surface area contributed by atoms with Crippen LogP contribution in [-0.2, 0) is 0 Å². The average Bonchev–Trinajstić information content (AvgIpc) is 2.61. The number of fused-ring (bicyclic) bond motifs is 2. The molecule has 1 N–H and O–H groups in total. The number of methoxy groups -OCH3 is 1. The Balaban J connectivity index is 1.74. The summed E-state index contributed by atoms with van der Waals surface area (Å²) in [6.45, 7) is 3.15. The molecule has 0 bridgehead atoms. The van der Waals surface area contributed by atoms with E-state index in [-0.39, 0.29) is 0 Å². The first-order valence-electron chi connectivity index (χ1n) is 7.85. The summed E-state index contributed by atoms with van der Waals surface area (Å²) < 4.78 is 16.5. The largest absolute Gasteiger partial charge is 0.497 e. The van der Waals surface area contributed by atoms with Crippen LogP contribution in [0.25, 0.3) is 10.9 Å². The molecule has 0 atom stereocenters. The highest BCUT2D eigenvalue weighted by molar-refractivity contribution is 5.94. The molecule has 0 saturated heterocycles. The molecule has 0 radical (unpaired) electrons. The molecular formula is C19H18N2O3. The standard InChI is InChI=1S/C19H18N2O3/c1-12-9-16(15-5-4-14(22-2)11-17(15)20-12)21-13-3-6-18-19(10-13)24-8-7-23-18/h3-6,9-11H,7-8H2,1-2H3,(H,20,21). The number of aromatic nitrogens is 1. The first-order chi connectivity index (χ1) is 11.7. The molecule has 1 aromatic heterocycles. The van der Waals surface area contributed by atoms with E-state index in [9.17, 15) is 0 Å². The smallest absolute Gasteiger partial charge is 0.163 e. The van der Waals surface area contributed by atoms with Gasteiger partial charge in [0.1, 0.15) is 19.0 Å². The van der Waals surface area contributed by atoms with Gasteiger partial charge in [0.2, 0.25) is 0 Å². The van der Waals surface area contributed by atoms with E-state index in [1.807, 2.05) is 49.4 Å². The highest BCUT2D eigenvalue weighted by atomic mass is 16.6. The lowest BCUT2D eigenvalue weighted by Gasteiger charge is -2.19. The SMILES string of the molecule is COc1ccc2c(Nc3ccc4c(c3)OCCO4)cc(C)nc2c1. The number of nitrogens with one attached hydrogen (secondary N) is 1. The molecule has 4 rings (SSSR count). The lowest BCUT2D eigenvalue weighted by Crippen LogP contribution is -2.15. The third-order valence-corrected chi connectivity index (χ3v) is 3.97. The van der Waals surface area contributed by atoms with E-state index >= 15 is 0 Å². The zero-order chi connectivity index (χ0) is 16.5. The van der Waals surface area contributed by atoms with Crippen molar-refractivity contribution in [3.63, 3.8) is 0 Å². The van der Waals surface area contributed by atoms with Crippen molar-refractivity contribution in [3.8, 4) is 17.2 Å². The van der Waals surface area contributed by atoms with Gasteiger partial charge in [0.25, 0.3) is 0 Å². The Morgan fingerprint density at radius 2 is 1.83 bits per heavy atom. The van der Waals surface area contributed by atoms with Gasteiger partial charge in [0, 0.05) is 34.6 Å². The maximum Gasteiger partial charge on any atom is 0.163 e. The zero-order valence-corrected chi connectivity index (χ0v) is 13.6. The summed E-state index contributed by atoms with van der Waals surface area (Å²) in [5, 5.41) is 4.50. The van der Waals surface area contributed by atoms with E-state index in [2.05, 4.69) is 10.3 Å². The highest BCUT2D eigenvalue weighted by Gasteiger charge is 2.12. The molecule has 1 aliphatic rings. The number of anilines is 2. The maximum atomic E-state index is 5.65. The third-order valence-electron chi connectivity index (χ3n) is 3.97. The van der Waals surface area contributed by atoms with Gasteiger partial charge in [-0.05, 0) is 37.3 Å². The molecule has 1 aliphatic heterocycles. The quantitative estimate of drug-likeness (QED) is 0.788. The Kier molecular flexibility index (Phi) is 3.61. The first-order valence-corrected chi connectivity index (χ1v) is 7.85. The lowest BCUT2D eigenvalue weighted by atomic mass is 10.1. The summed E-state index contributed by atoms with van der Waals surface area (Å²) in [6.07, 6.45) is 0. The van der Waals surface area contributed by atoms with Crippen molar-refractivity contribution in [2.24, 2.45) is 0 Å². The van der Waals surface area contributed by atoms with Crippen LogP contribution >= 0.6 is 0 Å². The summed E-state index contributed by atoms with van der Waals surface area (Å²) in [6, 6.07) is 13.8. The van der Waals surface area contributed by atoms with Crippen LogP contribution in [0, 0.1) is 6.92 Å². The summed E-state index contributed by atoms with van der Waals surface area (Å²) in [5.74, 6) is 2.35. The van der Waals surface area contributed by atoms with Gasteiger partial charge in [0.15, 0.2) is 11.5 Å². The molecule has 0 unspecified atom stereocenters. The molecule has 24 heavy (non-hydrogen) atoms. The third kappa shape index (κ3) is 2.69. The van der Waals surface area contributed by atoms with Crippen LogP contribution in [0.2, 0.25) is 0 Å². The Hall–Kier alpha value is -2.95. The number of hydrogen-bond acceptors (Lipinski definition) is 5. The molecular weight excluding hydrogens is 304 g/mol. The minimum Gasteiger partial charge on any atom is -0.497 e. The molecule has 2 heterocycles. The fraction of sp³-hybridized carbons (Fsp3) is 0.211. The molecule has 3 aromatic rings. The predicted octanol–water partition coefficient (Wildman–Crippen LogP) is 4.07. The molecule has 0 amide bonds. The van der Waals surface area contributed by atoms with Gasteiger partial charge in [-0.15, -0.1) is 0 Å². The van der Waals surface area contributed by atoms with E-state index in [1.54, 1.807) is 7.11 Å². The summed E-state index contributed by atoms with van der Waals surface area (Å²) in [5.41, 5.74) is 3.78. The Labute approximate surface area is 140 Å². The molecule has 5 nitrogen and oxygen atoms in total. The van der Waals surface area contributed by atoms with Gasteiger partial charge in [-0.2, -0.15) is 0 Å². The topological polar surface area (TPSA) is 52.6 Å². The van der Waals surface area contributed by atoms with Crippen molar-refractivity contribution < 1.29 is 14.2 Å². The number of rotatable bonds is 3. The van der Waals surface area contributed by atoms with E-state index in [4.69, 9.17) is 14.2 Å². The monoisotopic (exact) mass is 322 g/mol. The van der Waals surface area contributed by atoms with E-state index in [0.29, 0.717) is 13.2 Å². The number of nitrogens with zero attached hydrogens (tertiary/aromatic N) is 1. The summed E-state index contributed by atoms with van der Waals surface area (Å²) in [7, 11) is 1.66. The number of hydrogen-bond donors (Lipinski definition) is 1. The summed E-state index contributed by atoms with van der Waals surface area (Å²) in [4.78, 5) is 4.59. The zero-order valence-electron chi connectivity index (χ0n) is 13.6. The normalized spacial score (nSPS) is 12.9. The number of pyridine rings is 1. The van der Waals surface area contributed by atoms with Crippen LogP contribution in [-0.4, -0.2) is 25.3 Å². The molecule has 2 aromatic carbocycles. The van der Waals surface area contributed by atoms with Gasteiger partial charge < -0.3 is 19.5 Å².